The number of phenolic OH excluding ortho intramolecular Hbond substituents is 1. The SMILES string of the molecule is CC(Br)Cc1cc(NC(=O)OC(C)(C)C)ccc1O. The number of carbonyl (C=O) groups is 1. The molecule has 1 aromatic rings. The van der Waals surface area contributed by atoms with Crippen molar-refractivity contribution >= 4 is 27.7 Å². The highest BCUT2D eigenvalue weighted by atomic mass is 79.9. The van der Waals surface area contributed by atoms with E-state index in [9.17, 15) is 9.90 Å². The molecule has 0 spiro atoms. The maximum absolute atomic E-state index is 11.6. The number of anilines is 1. The summed E-state index contributed by atoms with van der Waals surface area (Å²) in [5.74, 6) is 0.223. The van der Waals surface area contributed by atoms with Gasteiger partial charge in [0.2, 0.25) is 0 Å². The Labute approximate surface area is 122 Å². The quantitative estimate of drug-likeness (QED) is 0.649. The molecule has 19 heavy (non-hydrogen) atoms. The zero-order valence-electron chi connectivity index (χ0n) is 11.7. The number of aromatic hydroxyl groups is 1. The van der Waals surface area contributed by atoms with Gasteiger partial charge in [-0.05, 0) is 51.0 Å². The zero-order chi connectivity index (χ0) is 14.6. The van der Waals surface area contributed by atoms with Crippen LogP contribution in [-0.4, -0.2) is 21.6 Å². The molecule has 1 aromatic carbocycles. The summed E-state index contributed by atoms with van der Waals surface area (Å²) in [4.78, 5) is 11.9. The van der Waals surface area contributed by atoms with E-state index in [1.165, 1.54) is 0 Å². The van der Waals surface area contributed by atoms with Crippen molar-refractivity contribution in [3.63, 3.8) is 0 Å². The Morgan fingerprint density at radius 2 is 2.11 bits per heavy atom. The van der Waals surface area contributed by atoms with Gasteiger partial charge in [-0.1, -0.05) is 22.9 Å². The minimum atomic E-state index is -0.534. The highest BCUT2D eigenvalue weighted by Crippen LogP contribution is 2.24. The van der Waals surface area contributed by atoms with Gasteiger partial charge in [-0.3, -0.25) is 5.32 Å². The van der Waals surface area contributed by atoms with Crippen LogP contribution >= 0.6 is 15.9 Å². The van der Waals surface area contributed by atoms with Gasteiger partial charge in [0.05, 0.1) is 0 Å². The number of ether oxygens (including phenoxy) is 1. The molecule has 1 amide bonds. The van der Waals surface area contributed by atoms with Gasteiger partial charge in [0.1, 0.15) is 11.4 Å². The first-order chi connectivity index (χ1) is 8.67. The van der Waals surface area contributed by atoms with Crippen LogP contribution in [-0.2, 0) is 11.2 Å². The number of benzene rings is 1. The van der Waals surface area contributed by atoms with E-state index in [4.69, 9.17) is 4.74 Å². The Kier molecular flexibility index (Phi) is 5.23. The van der Waals surface area contributed by atoms with Crippen molar-refractivity contribution in [3.8, 4) is 5.75 Å². The molecule has 1 rings (SSSR count). The van der Waals surface area contributed by atoms with Crippen LogP contribution in [0.2, 0.25) is 0 Å². The molecule has 0 fully saturated rings. The van der Waals surface area contributed by atoms with Crippen LogP contribution in [0.1, 0.15) is 33.3 Å². The number of alkyl halides is 1. The third-order valence-corrected chi connectivity index (χ3v) is 2.55. The molecule has 5 heteroatoms. The lowest BCUT2D eigenvalue weighted by molar-refractivity contribution is 0.0636. The van der Waals surface area contributed by atoms with E-state index in [-0.39, 0.29) is 10.6 Å². The fourth-order valence-corrected chi connectivity index (χ4v) is 1.90. The average molecular weight is 330 g/mol. The summed E-state index contributed by atoms with van der Waals surface area (Å²) in [6, 6.07) is 4.95. The molecule has 1 atom stereocenters. The van der Waals surface area contributed by atoms with Gasteiger partial charge in [-0.15, -0.1) is 0 Å². The molecule has 0 aromatic heterocycles. The Bertz CT molecular complexity index is 452. The van der Waals surface area contributed by atoms with Crippen LogP contribution in [0.3, 0.4) is 0 Å². The van der Waals surface area contributed by atoms with Crippen molar-refractivity contribution in [1.29, 1.82) is 0 Å². The van der Waals surface area contributed by atoms with Crippen molar-refractivity contribution in [2.75, 3.05) is 5.32 Å². The van der Waals surface area contributed by atoms with Gasteiger partial charge in [0.25, 0.3) is 0 Å². The van der Waals surface area contributed by atoms with Gasteiger partial charge < -0.3 is 9.84 Å². The van der Waals surface area contributed by atoms with Crippen LogP contribution < -0.4 is 5.32 Å². The van der Waals surface area contributed by atoms with Crippen molar-refractivity contribution in [1.82, 2.24) is 0 Å². The molecule has 2 N–H and O–H groups in total. The molecule has 0 saturated heterocycles. The molecule has 0 aliphatic carbocycles. The monoisotopic (exact) mass is 329 g/mol. The van der Waals surface area contributed by atoms with E-state index < -0.39 is 11.7 Å². The van der Waals surface area contributed by atoms with E-state index in [1.54, 1.807) is 39.0 Å². The highest BCUT2D eigenvalue weighted by Gasteiger charge is 2.16. The second-order valence-electron chi connectivity index (χ2n) is 5.46. The van der Waals surface area contributed by atoms with Gasteiger partial charge >= 0.3 is 6.09 Å². The highest BCUT2D eigenvalue weighted by molar-refractivity contribution is 9.09. The molecule has 0 saturated carbocycles. The minimum Gasteiger partial charge on any atom is -0.508 e. The summed E-state index contributed by atoms with van der Waals surface area (Å²) in [6.07, 6.45) is 0.173. The third-order valence-electron chi connectivity index (χ3n) is 2.23. The topological polar surface area (TPSA) is 58.6 Å². The average Bonchev–Trinajstić information content (AvgIpc) is 2.19. The Balaban J connectivity index is 2.77. The van der Waals surface area contributed by atoms with Gasteiger partial charge in [0.15, 0.2) is 0 Å². The van der Waals surface area contributed by atoms with Gasteiger partial charge in [-0.2, -0.15) is 0 Å². The number of amides is 1. The lowest BCUT2D eigenvalue weighted by Crippen LogP contribution is -2.27. The Morgan fingerprint density at radius 1 is 1.47 bits per heavy atom. The zero-order valence-corrected chi connectivity index (χ0v) is 13.2. The number of halogens is 1. The molecule has 0 aliphatic rings. The number of rotatable bonds is 3. The second-order valence-corrected chi connectivity index (χ2v) is 7.02. The summed E-state index contributed by atoms with van der Waals surface area (Å²) in [6.45, 7) is 7.41. The number of nitrogens with one attached hydrogen (secondary N) is 1. The largest absolute Gasteiger partial charge is 0.508 e. The van der Waals surface area contributed by atoms with E-state index in [0.29, 0.717) is 12.1 Å². The van der Waals surface area contributed by atoms with E-state index in [0.717, 1.165) is 5.56 Å². The van der Waals surface area contributed by atoms with Crippen molar-refractivity contribution in [2.24, 2.45) is 0 Å². The van der Waals surface area contributed by atoms with E-state index in [2.05, 4.69) is 21.2 Å². The van der Waals surface area contributed by atoms with Crippen LogP contribution in [0.4, 0.5) is 10.5 Å². The number of carbonyl (C=O) groups excluding carboxylic acids is 1. The molecular formula is C14H20BrNO3. The molecule has 0 aliphatic heterocycles. The Hall–Kier alpha value is -1.23. The lowest BCUT2D eigenvalue weighted by Gasteiger charge is -2.20. The molecule has 0 bridgehead atoms. The molecule has 0 heterocycles. The minimum absolute atomic E-state index is 0.223. The van der Waals surface area contributed by atoms with E-state index in [1.807, 2.05) is 6.92 Å². The van der Waals surface area contributed by atoms with Crippen LogP contribution in [0, 0.1) is 0 Å². The Morgan fingerprint density at radius 3 is 2.63 bits per heavy atom. The first-order valence-corrected chi connectivity index (χ1v) is 7.05. The molecule has 1 unspecified atom stereocenters. The second kappa shape index (κ2) is 6.28. The summed E-state index contributed by atoms with van der Waals surface area (Å²) in [5, 5.41) is 12.4. The molecule has 4 nitrogen and oxygen atoms in total. The van der Waals surface area contributed by atoms with Crippen LogP contribution in [0.25, 0.3) is 0 Å². The number of phenols is 1. The van der Waals surface area contributed by atoms with Crippen LogP contribution in [0.15, 0.2) is 18.2 Å². The summed E-state index contributed by atoms with van der Waals surface area (Å²) in [5.41, 5.74) is 0.849. The first-order valence-electron chi connectivity index (χ1n) is 6.13. The summed E-state index contributed by atoms with van der Waals surface area (Å²) < 4.78 is 5.17. The predicted molar refractivity (Wildman–Crippen MR) is 80.1 cm³/mol. The maximum atomic E-state index is 11.6. The number of hydrogen-bond acceptors (Lipinski definition) is 3. The smallest absolute Gasteiger partial charge is 0.412 e. The first kappa shape index (κ1) is 15.8. The fourth-order valence-electron chi connectivity index (χ4n) is 1.55. The maximum Gasteiger partial charge on any atom is 0.412 e. The number of hydrogen-bond donors (Lipinski definition) is 2. The third kappa shape index (κ3) is 5.96. The van der Waals surface area contributed by atoms with Crippen molar-refractivity contribution in [2.45, 2.75) is 44.5 Å². The van der Waals surface area contributed by atoms with E-state index >= 15 is 0 Å². The van der Waals surface area contributed by atoms with Crippen LogP contribution in [0.5, 0.6) is 5.75 Å². The molecular weight excluding hydrogens is 310 g/mol. The van der Waals surface area contributed by atoms with Crippen molar-refractivity contribution in [3.05, 3.63) is 23.8 Å². The van der Waals surface area contributed by atoms with Gasteiger partial charge in [-0.25, -0.2) is 4.79 Å². The van der Waals surface area contributed by atoms with Gasteiger partial charge in [0, 0.05) is 10.5 Å². The molecule has 0 radical (unpaired) electrons. The normalized spacial score (nSPS) is 12.9. The summed E-state index contributed by atoms with van der Waals surface area (Å²) >= 11 is 3.44. The molecule has 106 valence electrons. The lowest BCUT2D eigenvalue weighted by atomic mass is 10.1. The summed E-state index contributed by atoms with van der Waals surface area (Å²) in [7, 11) is 0. The predicted octanol–water partition coefficient (Wildman–Crippen LogP) is 4.07. The standard InChI is InChI=1S/C14H20BrNO3/c1-9(15)7-10-8-11(5-6-12(10)17)16-13(18)19-14(2,3)4/h5-6,8-9,17H,7H2,1-4H3,(H,16,18). The van der Waals surface area contributed by atoms with Crippen molar-refractivity contribution < 1.29 is 14.6 Å². The fraction of sp³-hybridized carbons (Fsp3) is 0.500.